The zero-order valence-corrected chi connectivity index (χ0v) is 21.8. The third-order valence-electron chi connectivity index (χ3n) is 11.9. The molecule has 1 heterocycles. The average molecular weight is 477 g/mol. The summed E-state index contributed by atoms with van der Waals surface area (Å²) in [5.74, 6) is -0.652. The van der Waals surface area contributed by atoms with Crippen LogP contribution in [-0.2, 0) is 19.1 Å². The van der Waals surface area contributed by atoms with Crippen molar-refractivity contribution in [2.45, 2.75) is 105 Å². The van der Waals surface area contributed by atoms with Crippen LogP contribution in [0.4, 0.5) is 0 Å². The van der Waals surface area contributed by atoms with Gasteiger partial charge in [0.25, 0.3) is 0 Å². The maximum atomic E-state index is 13.1. The quantitative estimate of drug-likeness (QED) is 0.583. The average Bonchev–Trinajstić information content (AvgIpc) is 3.05. The van der Waals surface area contributed by atoms with Gasteiger partial charge in [-0.05, 0) is 74.0 Å². The zero-order chi connectivity index (χ0) is 24.8. The molecule has 0 aromatic heterocycles. The van der Waals surface area contributed by atoms with Gasteiger partial charge in [-0.1, -0.05) is 34.1 Å². The minimum Gasteiger partial charge on any atom is -0.465 e. The Morgan fingerprint density at radius 2 is 1.76 bits per heavy atom. The number of hydrogen-bond acceptors (Lipinski definition) is 6. The smallest absolute Gasteiger partial charge is 0.310 e. The molecule has 0 amide bonds. The summed E-state index contributed by atoms with van der Waals surface area (Å²) in [5.41, 5.74) is -0.825. The Bertz CT molecular complexity index is 869. The van der Waals surface area contributed by atoms with Crippen LogP contribution in [0.15, 0.2) is 0 Å². The van der Waals surface area contributed by atoms with Gasteiger partial charge < -0.3 is 19.7 Å². The second kappa shape index (κ2) is 7.68. The van der Waals surface area contributed by atoms with Gasteiger partial charge in [-0.2, -0.15) is 0 Å². The summed E-state index contributed by atoms with van der Waals surface area (Å²) < 4.78 is 11.4. The first-order valence-corrected chi connectivity index (χ1v) is 13.5. The van der Waals surface area contributed by atoms with Crippen LogP contribution in [0.3, 0.4) is 0 Å². The molecule has 4 aliphatic carbocycles. The van der Waals surface area contributed by atoms with Gasteiger partial charge in [0.1, 0.15) is 6.10 Å². The number of hydrogen-bond donors (Lipinski definition) is 2. The van der Waals surface area contributed by atoms with E-state index in [1.54, 1.807) is 0 Å². The van der Waals surface area contributed by atoms with Gasteiger partial charge in [-0.25, -0.2) is 0 Å². The molecule has 192 valence electrons. The molecule has 1 saturated heterocycles. The van der Waals surface area contributed by atoms with Crippen LogP contribution in [-0.4, -0.2) is 47.1 Å². The molecular weight excluding hydrogens is 432 g/mol. The molecule has 6 heteroatoms. The predicted molar refractivity (Wildman–Crippen MR) is 126 cm³/mol. The Morgan fingerprint density at radius 1 is 1.06 bits per heavy atom. The summed E-state index contributed by atoms with van der Waals surface area (Å²) in [6.07, 6.45) is 4.91. The second-order valence-electron chi connectivity index (χ2n) is 13.7. The van der Waals surface area contributed by atoms with E-state index in [1.807, 2.05) is 6.92 Å². The van der Waals surface area contributed by atoms with Crippen molar-refractivity contribution >= 4 is 11.9 Å². The summed E-state index contributed by atoms with van der Waals surface area (Å²) in [4.78, 5) is 25.1. The number of aliphatic hydroxyl groups excluding tert-OH is 2. The molecule has 0 spiro atoms. The zero-order valence-electron chi connectivity index (χ0n) is 21.8. The molecule has 5 aliphatic rings. The Hall–Kier alpha value is -1.14. The van der Waals surface area contributed by atoms with Gasteiger partial charge >= 0.3 is 11.9 Å². The monoisotopic (exact) mass is 476 g/mol. The fraction of sp³-hybridized carbons (Fsp3) is 0.929. The van der Waals surface area contributed by atoms with E-state index in [1.165, 1.54) is 13.3 Å². The molecule has 0 aromatic rings. The van der Waals surface area contributed by atoms with E-state index in [0.29, 0.717) is 25.4 Å². The van der Waals surface area contributed by atoms with E-state index in [9.17, 15) is 19.8 Å². The predicted octanol–water partition coefficient (Wildman–Crippen LogP) is 4.11. The van der Waals surface area contributed by atoms with Crippen LogP contribution < -0.4 is 0 Å². The Morgan fingerprint density at radius 3 is 2.44 bits per heavy atom. The SMILES string of the molecule is CC(=O)OCC12CCCC(C)(C)C1CCC1(C)C2CC(O)C2(C)C3C(=O)OC(C)C3C(O)CC12. The van der Waals surface area contributed by atoms with Crippen molar-refractivity contribution in [3.8, 4) is 0 Å². The van der Waals surface area contributed by atoms with Crippen molar-refractivity contribution in [1.29, 1.82) is 0 Å². The molecular formula is C28H44O6. The molecule has 5 rings (SSSR count). The van der Waals surface area contributed by atoms with Gasteiger partial charge in [-0.3, -0.25) is 9.59 Å². The number of fused-ring (bicyclic) bond motifs is 7. The van der Waals surface area contributed by atoms with Crippen molar-refractivity contribution in [1.82, 2.24) is 0 Å². The van der Waals surface area contributed by atoms with E-state index in [0.717, 1.165) is 25.7 Å². The van der Waals surface area contributed by atoms with E-state index >= 15 is 0 Å². The van der Waals surface area contributed by atoms with Crippen LogP contribution in [0.2, 0.25) is 0 Å². The highest BCUT2D eigenvalue weighted by atomic mass is 16.6. The van der Waals surface area contributed by atoms with Crippen molar-refractivity contribution in [2.24, 2.45) is 51.2 Å². The molecule has 34 heavy (non-hydrogen) atoms. The molecule has 4 saturated carbocycles. The van der Waals surface area contributed by atoms with Gasteiger partial charge in [0, 0.05) is 23.7 Å². The largest absolute Gasteiger partial charge is 0.465 e. The van der Waals surface area contributed by atoms with E-state index in [-0.39, 0.29) is 52.0 Å². The lowest BCUT2D eigenvalue weighted by Gasteiger charge is -2.71. The maximum Gasteiger partial charge on any atom is 0.310 e. The van der Waals surface area contributed by atoms with E-state index < -0.39 is 23.5 Å². The number of carbonyl (C=O) groups is 2. The van der Waals surface area contributed by atoms with Gasteiger partial charge in [-0.15, -0.1) is 0 Å². The number of carbonyl (C=O) groups excluding carboxylic acids is 2. The first-order valence-electron chi connectivity index (χ1n) is 13.5. The highest BCUT2D eigenvalue weighted by Gasteiger charge is 2.73. The summed E-state index contributed by atoms with van der Waals surface area (Å²) >= 11 is 0. The molecule has 0 aromatic carbocycles. The number of esters is 2. The van der Waals surface area contributed by atoms with Crippen LogP contribution in [0.25, 0.3) is 0 Å². The molecule has 6 nitrogen and oxygen atoms in total. The van der Waals surface area contributed by atoms with Gasteiger partial charge in [0.15, 0.2) is 0 Å². The Kier molecular flexibility index (Phi) is 5.54. The topological polar surface area (TPSA) is 93.1 Å². The van der Waals surface area contributed by atoms with Crippen molar-refractivity contribution < 1.29 is 29.3 Å². The highest BCUT2D eigenvalue weighted by molar-refractivity contribution is 5.77. The molecule has 1 aliphatic heterocycles. The lowest BCUT2D eigenvalue weighted by Crippen LogP contribution is -2.70. The standard InChI is InChI=1S/C28H44O6/c1-15-22-17(30)12-19-26(5)11-8-18-25(3,4)9-7-10-28(18,14-33-16(2)29)20(26)13-21(31)27(19,6)23(22)24(32)34-15/h15,17-23,30-31H,7-14H2,1-6H3. The fourth-order valence-corrected chi connectivity index (χ4v) is 10.5. The van der Waals surface area contributed by atoms with Crippen LogP contribution >= 0.6 is 0 Å². The van der Waals surface area contributed by atoms with Gasteiger partial charge in [0.05, 0.1) is 24.7 Å². The van der Waals surface area contributed by atoms with Crippen LogP contribution in [0, 0.1) is 51.2 Å². The minimum absolute atomic E-state index is 0.00282. The minimum atomic E-state index is -0.661. The lowest BCUT2D eigenvalue weighted by atomic mass is 9.33. The first kappa shape index (κ1) is 24.5. The van der Waals surface area contributed by atoms with Crippen LogP contribution in [0.1, 0.15) is 86.5 Å². The van der Waals surface area contributed by atoms with Crippen molar-refractivity contribution in [3.63, 3.8) is 0 Å². The van der Waals surface area contributed by atoms with Crippen LogP contribution in [0.5, 0.6) is 0 Å². The highest BCUT2D eigenvalue weighted by Crippen LogP contribution is 2.74. The summed E-state index contributed by atoms with van der Waals surface area (Å²) in [7, 11) is 0. The second-order valence-corrected chi connectivity index (χ2v) is 13.7. The van der Waals surface area contributed by atoms with Crippen molar-refractivity contribution in [3.05, 3.63) is 0 Å². The Labute approximate surface area is 204 Å². The molecule has 2 N–H and O–H groups in total. The third-order valence-corrected chi connectivity index (χ3v) is 11.9. The summed E-state index contributed by atoms with van der Waals surface area (Å²) in [5, 5.41) is 23.2. The molecule has 11 unspecified atom stereocenters. The molecule has 0 radical (unpaired) electrons. The molecule has 0 bridgehead atoms. The van der Waals surface area contributed by atoms with E-state index in [4.69, 9.17) is 9.47 Å². The fourth-order valence-electron chi connectivity index (χ4n) is 10.5. The number of aliphatic hydroxyl groups is 2. The normalized spacial score (nSPS) is 53.6. The summed E-state index contributed by atoms with van der Waals surface area (Å²) in [6, 6.07) is 0. The number of cyclic esters (lactones) is 1. The lowest BCUT2D eigenvalue weighted by molar-refractivity contribution is -0.268. The van der Waals surface area contributed by atoms with Crippen molar-refractivity contribution in [2.75, 3.05) is 6.61 Å². The maximum absolute atomic E-state index is 13.1. The third kappa shape index (κ3) is 3.06. The van der Waals surface area contributed by atoms with Gasteiger partial charge in [0.2, 0.25) is 0 Å². The molecule has 11 atom stereocenters. The number of rotatable bonds is 2. The summed E-state index contributed by atoms with van der Waals surface area (Å²) in [6.45, 7) is 12.9. The van der Waals surface area contributed by atoms with E-state index in [2.05, 4.69) is 27.7 Å². The number of ether oxygens (including phenoxy) is 2. The Balaban J connectivity index is 1.61. The molecule has 5 fully saturated rings. The first-order chi connectivity index (χ1) is 15.8.